The van der Waals surface area contributed by atoms with Crippen molar-refractivity contribution in [3.63, 3.8) is 0 Å². The zero-order valence-electron chi connectivity index (χ0n) is 18.9. The molecule has 0 saturated carbocycles. The first-order chi connectivity index (χ1) is 14.2. The highest BCUT2D eigenvalue weighted by molar-refractivity contribution is 5.81. The van der Waals surface area contributed by atoms with E-state index in [4.69, 9.17) is 4.74 Å². The number of nitrogens with zero attached hydrogens (tertiary/aromatic N) is 3. The van der Waals surface area contributed by atoms with E-state index in [1.165, 1.54) is 12.1 Å². The average Bonchev–Trinajstić information content (AvgIpc) is 2.72. The number of guanidine groups is 1. The second-order valence-corrected chi connectivity index (χ2v) is 8.56. The first-order valence-electron chi connectivity index (χ1n) is 10.5. The van der Waals surface area contributed by atoms with Crippen LogP contribution in [0, 0.1) is 11.2 Å². The average molecular weight is 422 g/mol. The molecule has 1 aromatic rings. The van der Waals surface area contributed by atoms with Gasteiger partial charge in [0.25, 0.3) is 0 Å². The van der Waals surface area contributed by atoms with Crippen LogP contribution in [0.1, 0.15) is 27.2 Å². The quantitative estimate of drug-likeness (QED) is 0.521. The first-order valence-corrected chi connectivity index (χ1v) is 10.5. The maximum absolute atomic E-state index is 13.1. The van der Waals surface area contributed by atoms with Crippen molar-refractivity contribution < 1.29 is 13.9 Å². The van der Waals surface area contributed by atoms with E-state index in [-0.39, 0.29) is 23.2 Å². The minimum Gasteiger partial charge on any atom is -0.379 e. The van der Waals surface area contributed by atoms with Crippen molar-refractivity contribution in [1.29, 1.82) is 0 Å². The van der Waals surface area contributed by atoms with Crippen LogP contribution in [0.2, 0.25) is 0 Å². The highest BCUT2D eigenvalue weighted by Crippen LogP contribution is 2.21. The topological polar surface area (TPSA) is 69.2 Å². The van der Waals surface area contributed by atoms with Crippen LogP contribution >= 0.6 is 0 Å². The number of aliphatic imine (C=N–C) groups is 1. The Balaban J connectivity index is 1.71. The summed E-state index contributed by atoms with van der Waals surface area (Å²) >= 11 is 0. The molecule has 1 fully saturated rings. The Morgan fingerprint density at radius 2 is 1.80 bits per heavy atom. The van der Waals surface area contributed by atoms with Crippen LogP contribution in [0.5, 0.6) is 0 Å². The molecule has 2 rings (SSSR count). The van der Waals surface area contributed by atoms with E-state index in [9.17, 15) is 9.18 Å². The summed E-state index contributed by atoms with van der Waals surface area (Å²) in [4.78, 5) is 20.8. The third-order valence-electron chi connectivity index (χ3n) is 5.38. The van der Waals surface area contributed by atoms with Crippen molar-refractivity contribution in [2.24, 2.45) is 10.4 Å². The summed E-state index contributed by atoms with van der Waals surface area (Å²) < 4.78 is 18.6. The molecule has 0 spiro atoms. The number of hydrogen-bond acceptors (Lipinski definition) is 4. The first kappa shape index (κ1) is 23.9. The highest BCUT2D eigenvalue weighted by atomic mass is 19.1. The van der Waals surface area contributed by atoms with Gasteiger partial charge in [0, 0.05) is 65.5 Å². The number of halogens is 1. The normalized spacial score (nSPS) is 16.4. The van der Waals surface area contributed by atoms with Gasteiger partial charge in [-0.3, -0.25) is 9.79 Å². The Labute approximate surface area is 179 Å². The molecule has 2 N–H and O–H groups in total. The van der Waals surface area contributed by atoms with Gasteiger partial charge in [-0.25, -0.2) is 4.39 Å². The third-order valence-corrected chi connectivity index (χ3v) is 5.38. The van der Waals surface area contributed by atoms with Gasteiger partial charge in [-0.15, -0.1) is 0 Å². The number of carbonyl (C=O) groups excluding carboxylic acids is 1. The van der Waals surface area contributed by atoms with Crippen LogP contribution in [0.15, 0.2) is 29.3 Å². The molecular formula is C22H36FN5O2. The molecule has 1 aromatic carbocycles. The fourth-order valence-electron chi connectivity index (χ4n) is 3.46. The number of amides is 1. The molecular weight excluding hydrogens is 385 g/mol. The predicted octanol–water partition coefficient (Wildman–Crippen LogP) is 2.09. The van der Waals surface area contributed by atoms with E-state index in [0.29, 0.717) is 38.6 Å². The van der Waals surface area contributed by atoms with Crippen LogP contribution in [-0.4, -0.2) is 76.3 Å². The maximum atomic E-state index is 13.1. The van der Waals surface area contributed by atoms with Crippen LogP contribution < -0.4 is 15.5 Å². The van der Waals surface area contributed by atoms with Gasteiger partial charge in [0.15, 0.2) is 5.96 Å². The molecule has 1 aliphatic heterocycles. The molecule has 1 atom stereocenters. The van der Waals surface area contributed by atoms with Crippen molar-refractivity contribution in [1.82, 2.24) is 15.5 Å². The number of methoxy groups -OCH3 is 1. The van der Waals surface area contributed by atoms with E-state index < -0.39 is 0 Å². The van der Waals surface area contributed by atoms with Crippen LogP contribution in [-0.2, 0) is 9.53 Å². The number of hydrogen-bond donors (Lipinski definition) is 2. The number of benzene rings is 1. The van der Waals surface area contributed by atoms with Gasteiger partial charge in [-0.2, -0.15) is 0 Å². The smallest absolute Gasteiger partial charge is 0.224 e. The lowest BCUT2D eigenvalue weighted by atomic mass is 9.89. The van der Waals surface area contributed by atoms with Gasteiger partial charge in [0.2, 0.25) is 5.91 Å². The SMILES string of the molecule is CN=C(NCCC(=O)N1CCN(c2ccc(F)cc2)CC1)NCC(OC)C(C)(C)C. The summed E-state index contributed by atoms with van der Waals surface area (Å²) in [6.45, 7) is 10.4. The molecule has 8 heteroatoms. The summed E-state index contributed by atoms with van der Waals surface area (Å²) in [5.74, 6) is 0.553. The summed E-state index contributed by atoms with van der Waals surface area (Å²) in [5.41, 5.74) is 1.01. The Bertz CT molecular complexity index is 694. The van der Waals surface area contributed by atoms with Gasteiger partial charge < -0.3 is 25.2 Å². The van der Waals surface area contributed by atoms with Gasteiger partial charge in [-0.1, -0.05) is 20.8 Å². The van der Waals surface area contributed by atoms with Gasteiger partial charge in [-0.05, 0) is 29.7 Å². The Morgan fingerprint density at radius 3 is 2.33 bits per heavy atom. The number of nitrogens with one attached hydrogen (secondary N) is 2. The number of anilines is 1. The largest absolute Gasteiger partial charge is 0.379 e. The molecule has 7 nitrogen and oxygen atoms in total. The van der Waals surface area contributed by atoms with Crippen LogP contribution in [0.4, 0.5) is 10.1 Å². The minimum atomic E-state index is -0.235. The second-order valence-electron chi connectivity index (χ2n) is 8.56. The van der Waals surface area contributed by atoms with Crippen molar-refractivity contribution in [3.05, 3.63) is 30.1 Å². The number of ether oxygens (including phenoxy) is 1. The molecule has 0 radical (unpaired) electrons. The Morgan fingerprint density at radius 1 is 1.17 bits per heavy atom. The lowest BCUT2D eigenvalue weighted by molar-refractivity contribution is -0.131. The van der Waals surface area contributed by atoms with Gasteiger partial charge >= 0.3 is 0 Å². The second kappa shape index (κ2) is 11.2. The van der Waals surface area contributed by atoms with E-state index in [2.05, 4.69) is 41.3 Å². The Hall–Kier alpha value is -2.35. The fraction of sp³-hybridized carbons (Fsp3) is 0.636. The summed E-state index contributed by atoms with van der Waals surface area (Å²) in [6, 6.07) is 6.50. The van der Waals surface area contributed by atoms with Crippen molar-refractivity contribution in [2.45, 2.75) is 33.3 Å². The molecule has 0 bridgehead atoms. The molecule has 1 heterocycles. The Kier molecular flexibility index (Phi) is 8.89. The standard InChI is InChI=1S/C22H36FN5O2/c1-22(2,3)19(30-5)16-26-21(24-4)25-11-10-20(29)28-14-12-27(13-15-28)18-8-6-17(23)7-9-18/h6-9,19H,10-16H2,1-5H3,(H2,24,25,26). The number of rotatable bonds is 7. The van der Waals surface area contributed by atoms with Crippen molar-refractivity contribution >= 4 is 17.6 Å². The molecule has 168 valence electrons. The zero-order chi connectivity index (χ0) is 22.1. The van der Waals surface area contributed by atoms with Crippen LogP contribution in [0.3, 0.4) is 0 Å². The van der Waals surface area contributed by atoms with E-state index in [1.54, 1.807) is 26.3 Å². The van der Waals surface area contributed by atoms with E-state index >= 15 is 0 Å². The third kappa shape index (κ3) is 7.16. The molecule has 1 amide bonds. The number of piperazine rings is 1. The molecule has 0 aromatic heterocycles. The minimum absolute atomic E-state index is 0.0205. The summed E-state index contributed by atoms with van der Waals surface area (Å²) in [5, 5.41) is 6.46. The zero-order valence-corrected chi connectivity index (χ0v) is 18.9. The highest BCUT2D eigenvalue weighted by Gasteiger charge is 2.24. The van der Waals surface area contributed by atoms with Gasteiger partial charge in [0.1, 0.15) is 5.82 Å². The predicted molar refractivity (Wildman–Crippen MR) is 119 cm³/mol. The summed E-state index contributed by atoms with van der Waals surface area (Å²) in [6.07, 6.45) is 0.458. The lowest BCUT2D eigenvalue weighted by Gasteiger charge is -2.36. The van der Waals surface area contributed by atoms with E-state index in [1.807, 2.05) is 4.90 Å². The van der Waals surface area contributed by atoms with E-state index in [0.717, 1.165) is 18.8 Å². The fourth-order valence-corrected chi connectivity index (χ4v) is 3.46. The maximum Gasteiger partial charge on any atom is 0.224 e. The molecule has 1 unspecified atom stereocenters. The monoisotopic (exact) mass is 421 g/mol. The van der Waals surface area contributed by atoms with Crippen molar-refractivity contribution in [2.75, 3.05) is 58.3 Å². The number of carbonyl (C=O) groups is 1. The van der Waals surface area contributed by atoms with Crippen molar-refractivity contribution in [3.8, 4) is 0 Å². The molecule has 0 aliphatic carbocycles. The van der Waals surface area contributed by atoms with Gasteiger partial charge in [0.05, 0.1) is 6.10 Å². The molecule has 30 heavy (non-hydrogen) atoms. The molecule has 1 aliphatic rings. The summed E-state index contributed by atoms with van der Waals surface area (Å²) in [7, 11) is 3.42. The molecule has 1 saturated heterocycles. The van der Waals surface area contributed by atoms with Crippen LogP contribution in [0.25, 0.3) is 0 Å². The lowest BCUT2D eigenvalue weighted by Crippen LogP contribution is -2.50.